The van der Waals surface area contributed by atoms with Crippen molar-refractivity contribution < 1.29 is 5.11 Å². The molecule has 1 aliphatic rings. The summed E-state index contributed by atoms with van der Waals surface area (Å²) in [7, 11) is 0. The van der Waals surface area contributed by atoms with Gasteiger partial charge in [-0.3, -0.25) is 0 Å². The molecule has 0 spiro atoms. The van der Waals surface area contributed by atoms with Crippen LogP contribution >= 0.6 is 0 Å². The smallest absolute Gasteiger partial charge is 0.0585 e. The first-order chi connectivity index (χ1) is 8.31. The van der Waals surface area contributed by atoms with Crippen LogP contribution in [0.2, 0.25) is 0 Å². The second kappa shape index (κ2) is 8.90. The zero-order chi connectivity index (χ0) is 12.5. The molecule has 17 heavy (non-hydrogen) atoms. The van der Waals surface area contributed by atoms with Crippen molar-refractivity contribution in [1.82, 2.24) is 10.2 Å². The van der Waals surface area contributed by atoms with Crippen LogP contribution in [0.5, 0.6) is 0 Å². The molecule has 0 amide bonds. The second-order valence-corrected chi connectivity index (χ2v) is 5.24. The number of aliphatic hydroxyl groups is 1. The van der Waals surface area contributed by atoms with Gasteiger partial charge in [-0.25, -0.2) is 0 Å². The third-order valence-corrected chi connectivity index (χ3v) is 3.53. The van der Waals surface area contributed by atoms with E-state index in [-0.39, 0.29) is 12.6 Å². The monoisotopic (exact) mass is 242 g/mol. The molecular formula is C14H30N2O. The van der Waals surface area contributed by atoms with Gasteiger partial charge in [-0.05, 0) is 51.7 Å². The first kappa shape index (κ1) is 14.9. The van der Waals surface area contributed by atoms with E-state index in [0.29, 0.717) is 0 Å². The van der Waals surface area contributed by atoms with Gasteiger partial charge in [-0.2, -0.15) is 0 Å². The Hall–Kier alpha value is -0.120. The summed E-state index contributed by atoms with van der Waals surface area (Å²) in [5.41, 5.74) is 0. The molecule has 2 N–H and O–H groups in total. The number of rotatable bonds is 11. The molecule has 0 saturated heterocycles. The van der Waals surface area contributed by atoms with E-state index in [2.05, 4.69) is 24.1 Å². The highest BCUT2D eigenvalue weighted by atomic mass is 16.3. The molecule has 1 saturated carbocycles. The third kappa shape index (κ3) is 6.39. The Morgan fingerprint density at radius 3 is 2.53 bits per heavy atom. The molecule has 0 heterocycles. The highest BCUT2D eigenvalue weighted by Gasteiger charge is 2.28. The van der Waals surface area contributed by atoms with Gasteiger partial charge in [0.2, 0.25) is 0 Å². The Bertz CT molecular complexity index is 183. The highest BCUT2D eigenvalue weighted by Crippen LogP contribution is 2.27. The van der Waals surface area contributed by atoms with Gasteiger partial charge in [0.15, 0.2) is 0 Å². The zero-order valence-corrected chi connectivity index (χ0v) is 11.6. The number of aliphatic hydroxyl groups excluding tert-OH is 1. The molecule has 1 rings (SSSR count). The molecular weight excluding hydrogens is 212 g/mol. The van der Waals surface area contributed by atoms with E-state index in [1.807, 2.05) is 0 Å². The Labute approximate surface area is 107 Å². The van der Waals surface area contributed by atoms with Crippen molar-refractivity contribution in [3.63, 3.8) is 0 Å². The van der Waals surface area contributed by atoms with Gasteiger partial charge in [0.05, 0.1) is 6.61 Å². The van der Waals surface area contributed by atoms with Gasteiger partial charge in [0.1, 0.15) is 0 Å². The molecule has 1 unspecified atom stereocenters. The van der Waals surface area contributed by atoms with Gasteiger partial charge in [-0.15, -0.1) is 0 Å². The van der Waals surface area contributed by atoms with Crippen LogP contribution < -0.4 is 5.32 Å². The van der Waals surface area contributed by atoms with E-state index in [0.717, 1.165) is 32.0 Å². The molecule has 1 atom stereocenters. The van der Waals surface area contributed by atoms with E-state index in [1.54, 1.807) is 0 Å². The maximum absolute atomic E-state index is 9.31. The van der Waals surface area contributed by atoms with Crippen LogP contribution in [-0.2, 0) is 0 Å². The molecule has 0 bridgehead atoms. The van der Waals surface area contributed by atoms with Gasteiger partial charge in [0, 0.05) is 12.1 Å². The summed E-state index contributed by atoms with van der Waals surface area (Å²) in [6, 6.07) is 1.14. The van der Waals surface area contributed by atoms with E-state index in [1.165, 1.54) is 32.2 Å². The molecule has 0 radical (unpaired) electrons. The van der Waals surface area contributed by atoms with Crippen molar-refractivity contribution in [2.75, 3.05) is 26.2 Å². The molecule has 3 heteroatoms. The summed E-state index contributed by atoms with van der Waals surface area (Å²) in [4.78, 5) is 2.62. The SMILES string of the molecule is CCCCN(CCC(CO)NCCC)C1CC1. The first-order valence-corrected chi connectivity index (χ1v) is 7.40. The van der Waals surface area contributed by atoms with Gasteiger partial charge >= 0.3 is 0 Å². The quantitative estimate of drug-likeness (QED) is 0.582. The lowest BCUT2D eigenvalue weighted by molar-refractivity contribution is 0.200. The van der Waals surface area contributed by atoms with Gasteiger partial charge < -0.3 is 15.3 Å². The lowest BCUT2D eigenvalue weighted by Gasteiger charge is -2.24. The lowest BCUT2D eigenvalue weighted by Crippen LogP contribution is -2.38. The van der Waals surface area contributed by atoms with Crippen LogP contribution in [0.15, 0.2) is 0 Å². The largest absolute Gasteiger partial charge is 0.395 e. The topological polar surface area (TPSA) is 35.5 Å². The van der Waals surface area contributed by atoms with Crippen LogP contribution in [0.4, 0.5) is 0 Å². The number of unbranched alkanes of at least 4 members (excludes halogenated alkanes) is 1. The van der Waals surface area contributed by atoms with Crippen molar-refractivity contribution in [2.45, 2.75) is 64.5 Å². The van der Waals surface area contributed by atoms with E-state index >= 15 is 0 Å². The van der Waals surface area contributed by atoms with Crippen molar-refractivity contribution in [3.05, 3.63) is 0 Å². The predicted octanol–water partition coefficient (Wildman–Crippen LogP) is 2.00. The minimum absolute atomic E-state index is 0.270. The molecule has 1 fully saturated rings. The molecule has 0 aromatic rings. The van der Waals surface area contributed by atoms with Crippen LogP contribution in [0.3, 0.4) is 0 Å². The minimum atomic E-state index is 0.270. The van der Waals surface area contributed by atoms with E-state index < -0.39 is 0 Å². The fraction of sp³-hybridized carbons (Fsp3) is 1.00. The van der Waals surface area contributed by atoms with Crippen molar-refractivity contribution in [1.29, 1.82) is 0 Å². The third-order valence-electron chi connectivity index (χ3n) is 3.53. The van der Waals surface area contributed by atoms with Gasteiger partial charge in [0.25, 0.3) is 0 Å². The van der Waals surface area contributed by atoms with Crippen LogP contribution in [0, 0.1) is 0 Å². The number of hydrogen-bond acceptors (Lipinski definition) is 3. The van der Waals surface area contributed by atoms with Gasteiger partial charge in [-0.1, -0.05) is 20.3 Å². The molecule has 1 aliphatic carbocycles. The minimum Gasteiger partial charge on any atom is -0.395 e. The lowest BCUT2D eigenvalue weighted by atomic mass is 10.2. The Kier molecular flexibility index (Phi) is 7.82. The van der Waals surface area contributed by atoms with Crippen molar-refractivity contribution in [3.8, 4) is 0 Å². The van der Waals surface area contributed by atoms with E-state index in [4.69, 9.17) is 0 Å². The maximum Gasteiger partial charge on any atom is 0.0585 e. The Balaban J connectivity index is 2.18. The fourth-order valence-electron chi connectivity index (χ4n) is 2.21. The standard InChI is InChI=1S/C14H30N2O/c1-3-5-10-16(14-6-7-14)11-8-13(12-17)15-9-4-2/h13-15,17H,3-12H2,1-2H3. The second-order valence-electron chi connectivity index (χ2n) is 5.24. The molecule has 102 valence electrons. The number of nitrogens with zero attached hydrogens (tertiary/aromatic N) is 1. The number of nitrogens with one attached hydrogen (secondary N) is 1. The average Bonchev–Trinajstić information content (AvgIpc) is 3.17. The fourth-order valence-corrected chi connectivity index (χ4v) is 2.21. The predicted molar refractivity (Wildman–Crippen MR) is 73.3 cm³/mol. The average molecular weight is 242 g/mol. The summed E-state index contributed by atoms with van der Waals surface area (Å²) in [6.45, 7) is 8.10. The summed E-state index contributed by atoms with van der Waals surface area (Å²) in [5.74, 6) is 0. The highest BCUT2D eigenvalue weighted by molar-refractivity contribution is 4.85. The molecule has 0 aromatic heterocycles. The Morgan fingerprint density at radius 1 is 1.24 bits per heavy atom. The summed E-state index contributed by atoms with van der Waals surface area (Å²) in [6.07, 6.45) is 7.57. The summed E-state index contributed by atoms with van der Waals surface area (Å²) in [5, 5.41) is 12.7. The maximum atomic E-state index is 9.31. The van der Waals surface area contributed by atoms with E-state index in [9.17, 15) is 5.11 Å². The normalized spacial score (nSPS) is 17.6. The van der Waals surface area contributed by atoms with Crippen molar-refractivity contribution >= 4 is 0 Å². The van der Waals surface area contributed by atoms with Crippen LogP contribution in [-0.4, -0.2) is 48.3 Å². The van der Waals surface area contributed by atoms with Crippen molar-refractivity contribution in [2.24, 2.45) is 0 Å². The Morgan fingerprint density at radius 2 is 2.00 bits per heavy atom. The molecule has 0 aliphatic heterocycles. The summed E-state index contributed by atoms with van der Waals surface area (Å²) < 4.78 is 0. The molecule has 0 aromatic carbocycles. The van der Waals surface area contributed by atoms with Crippen LogP contribution in [0.25, 0.3) is 0 Å². The zero-order valence-electron chi connectivity index (χ0n) is 11.6. The summed E-state index contributed by atoms with van der Waals surface area (Å²) >= 11 is 0. The van der Waals surface area contributed by atoms with Crippen LogP contribution in [0.1, 0.15) is 52.4 Å². The molecule has 3 nitrogen and oxygen atoms in total. The number of hydrogen-bond donors (Lipinski definition) is 2. The first-order valence-electron chi connectivity index (χ1n) is 7.40.